The highest BCUT2D eigenvalue weighted by molar-refractivity contribution is 5.94. The van der Waals surface area contributed by atoms with Crippen LogP contribution in [0.5, 0.6) is 0 Å². The molecule has 0 amide bonds. The number of hydrogen-bond donors (Lipinski definition) is 0. The molecule has 0 heterocycles. The van der Waals surface area contributed by atoms with Crippen molar-refractivity contribution in [2.24, 2.45) is 0 Å². The first kappa shape index (κ1) is 18.3. The Labute approximate surface area is 128 Å². The van der Waals surface area contributed by atoms with Gasteiger partial charge >= 0.3 is 12.1 Å². The number of ether oxygens (including phenoxy) is 1. The average Bonchev–Trinajstić information content (AvgIpc) is 2.36. The van der Waals surface area contributed by atoms with Crippen LogP contribution in [0.1, 0.15) is 24.5 Å². The summed E-state index contributed by atoms with van der Waals surface area (Å²) in [6, 6.07) is 3.77. The van der Waals surface area contributed by atoms with Gasteiger partial charge in [-0.05, 0) is 30.7 Å². The Kier molecular flexibility index (Phi) is 6.00. The molecule has 1 rings (SSSR count). The summed E-state index contributed by atoms with van der Waals surface area (Å²) in [5.74, 6) is -1.83. The van der Waals surface area contributed by atoms with Gasteiger partial charge in [0.2, 0.25) is 0 Å². The average molecular weight is 331 g/mol. The topological polar surface area (TPSA) is 86.5 Å². The number of carbonyl (C=O) groups is 2. The molecule has 9 heteroatoms. The van der Waals surface area contributed by atoms with Gasteiger partial charge in [-0.2, -0.15) is 13.2 Å². The normalized spacial score (nSPS) is 11.9. The van der Waals surface area contributed by atoms with Gasteiger partial charge in [-0.15, -0.1) is 0 Å². The number of benzene rings is 1. The van der Waals surface area contributed by atoms with Gasteiger partial charge in [-0.3, -0.25) is 19.7 Å². The smallest absolute Gasteiger partial charge is 0.416 e. The molecule has 0 radical (unpaired) electrons. The lowest BCUT2D eigenvalue weighted by molar-refractivity contribution is -0.474. The van der Waals surface area contributed by atoms with Crippen LogP contribution in [0.2, 0.25) is 0 Å². The zero-order valence-corrected chi connectivity index (χ0v) is 11.9. The molecule has 0 N–H and O–H groups in total. The number of halogens is 3. The third kappa shape index (κ3) is 6.72. The minimum absolute atomic E-state index is 0.186. The fourth-order valence-electron chi connectivity index (χ4n) is 1.57. The second-order valence-corrected chi connectivity index (χ2v) is 4.57. The van der Waals surface area contributed by atoms with Crippen molar-refractivity contribution in [1.82, 2.24) is 0 Å². The molecular weight excluding hydrogens is 319 g/mol. The summed E-state index contributed by atoms with van der Waals surface area (Å²) in [5.41, 5.74) is -0.690. The van der Waals surface area contributed by atoms with Crippen LogP contribution in [0.4, 0.5) is 13.2 Å². The fraction of sp³-hybridized carbons (Fsp3) is 0.286. The second kappa shape index (κ2) is 7.52. The minimum atomic E-state index is -4.50. The Morgan fingerprint density at radius 1 is 1.26 bits per heavy atom. The van der Waals surface area contributed by atoms with E-state index in [9.17, 15) is 32.9 Å². The van der Waals surface area contributed by atoms with Gasteiger partial charge in [-0.1, -0.05) is 12.1 Å². The molecule has 1 aromatic carbocycles. The van der Waals surface area contributed by atoms with Crippen molar-refractivity contribution in [2.45, 2.75) is 19.5 Å². The Balaban J connectivity index is 2.97. The van der Waals surface area contributed by atoms with Gasteiger partial charge < -0.3 is 4.74 Å². The van der Waals surface area contributed by atoms with E-state index in [1.54, 1.807) is 0 Å². The zero-order valence-electron chi connectivity index (χ0n) is 11.9. The summed E-state index contributed by atoms with van der Waals surface area (Å²) < 4.78 is 42.0. The Morgan fingerprint density at radius 2 is 1.83 bits per heavy atom. The van der Waals surface area contributed by atoms with E-state index in [0.717, 1.165) is 37.3 Å². The third-order valence-electron chi connectivity index (χ3n) is 2.49. The summed E-state index contributed by atoms with van der Waals surface area (Å²) in [7, 11) is 0. The van der Waals surface area contributed by atoms with Gasteiger partial charge in [0, 0.05) is 4.92 Å². The number of alkyl halides is 3. The largest absolute Gasteiger partial charge is 0.424 e. The molecule has 0 saturated carbocycles. The zero-order chi connectivity index (χ0) is 17.6. The van der Waals surface area contributed by atoms with Crippen LogP contribution in [0.25, 0.3) is 6.08 Å². The molecule has 0 aliphatic rings. The number of Topliss-reactive ketones (excluding diaryl/α,β-unsaturated/α-hetero) is 1. The van der Waals surface area contributed by atoms with E-state index in [-0.39, 0.29) is 11.3 Å². The number of nitrogens with zero attached hydrogens (tertiary/aromatic N) is 1. The van der Waals surface area contributed by atoms with Crippen LogP contribution in [0.15, 0.2) is 30.0 Å². The van der Waals surface area contributed by atoms with Gasteiger partial charge in [0.15, 0.2) is 5.76 Å². The first-order valence-corrected chi connectivity index (χ1v) is 6.27. The van der Waals surface area contributed by atoms with E-state index in [2.05, 4.69) is 0 Å². The molecule has 0 aliphatic heterocycles. The summed E-state index contributed by atoms with van der Waals surface area (Å²) in [5, 5.41) is 10.5. The van der Waals surface area contributed by atoms with Gasteiger partial charge in [-0.25, -0.2) is 0 Å². The fourth-order valence-corrected chi connectivity index (χ4v) is 1.57. The molecule has 0 atom stereocenters. The van der Waals surface area contributed by atoms with Crippen molar-refractivity contribution >= 4 is 17.8 Å². The molecule has 0 fully saturated rings. The number of rotatable bonds is 6. The maximum atomic E-state index is 12.4. The van der Waals surface area contributed by atoms with Crippen LogP contribution in [-0.2, 0) is 20.5 Å². The summed E-state index contributed by atoms with van der Waals surface area (Å²) in [6.45, 7) is 0.304. The molecule has 6 nitrogen and oxygen atoms in total. The summed E-state index contributed by atoms with van der Waals surface area (Å²) >= 11 is 0. The predicted octanol–water partition coefficient (Wildman–Crippen LogP) is 2.85. The van der Waals surface area contributed by atoms with E-state index in [0.29, 0.717) is 0 Å². The quantitative estimate of drug-likeness (QED) is 0.263. The van der Waals surface area contributed by atoms with Crippen molar-refractivity contribution in [1.29, 1.82) is 0 Å². The SMILES string of the molecule is CC(=O)CC(=O)O/C(=C/c1ccc(C(F)(F)F)cc1)C[N+](=O)[O-]. The number of esters is 1. The Hall–Kier alpha value is -2.71. The van der Waals surface area contributed by atoms with E-state index >= 15 is 0 Å². The van der Waals surface area contributed by atoms with E-state index in [1.807, 2.05) is 0 Å². The van der Waals surface area contributed by atoms with Crippen molar-refractivity contribution in [2.75, 3.05) is 6.54 Å². The highest BCUT2D eigenvalue weighted by atomic mass is 19.4. The molecule has 1 aromatic rings. The van der Waals surface area contributed by atoms with Crippen LogP contribution in [-0.4, -0.2) is 23.2 Å². The van der Waals surface area contributed by atoms with Crippen molar-refractivity contribution in [3.05, 3.63) is 51.3 Å². The molecule has 0 aromatic heterocycles. The van der Waals surface area contributed by atoms with Gasteiger partial charge in [0.05, 0.1) is 5.56 Å². The lowest BCUT2D eigenvalue weighted by atomic mass is 10.1. The van der Waals surface area contributed by atoms with E-state index in [1.165, 1.54) is 0 Å². The number of carbonyl (C=O) groups excluding carboxylic acids is 2. The number of ketones is 1. The lowest BCUT2D eigenvalue weighted by Gasteiger charge is -2.07. The maximum Gasteiger partial charge on any atom is 0.416 e. The van der Waals surface area contributed by atoms with Crippen LogP contribution < -0.4 is 0 Å². The van der Waals surface area contributed by atoms with Crippen LogP contribution in [0.3, 0.4) is 0 Å². The number of hydrogen-bond acceptors (Lipinski definition) is 5. The molecule has 124 valence electrons. The molecule has 0 spiro atoms. The molecule has 0 unspecified atom stereocenters. The summed E-state index contributed by atoms with van der Waals surface area (Å²) in [4.78, 5) is 31.9. The molecular formula is C14H12F3NO5. The highest BCUT2D eigenvalue weighted by Gasteiger charge is 2.29. The molecule has 0 aliphatic carbocycles. The van der Waals surface area contributed by atoms with E-state index in [4.69, 9.17) is 4.74 Å². The van der Waals surface area contributed by atoms with Crippen LogP contribution >= 0.6 is 0 Å². The highest BCUT2D eigenvalue weighted by Crippen LogP contribution is 2.29. The van der Waals surface area contributed by atoms with Gasteiger partial charge in [0.1, 0.15) is 12.2 Å². The third-order valence-corrected chi connectivity index (χ3v) is 2.49. The van der Waals surface area contributed by atoms with Crippen LogP contribution in [0, 0.1) is 10.1 Å². The lowest BCUT2D eigenvalue weighted by Crippen LogP contribution is -2.14. The number of nitro groups is 1. The standard InChI is InChI=1S/C14H12F3NO5/c1-9(19)6-13(20)23-12(8-18(21)22)7-10-2-4-11(5-3-10)14(15,16)17/h2-5,7H,6,8H2,1H3/b12-7+. The molecule has 0 bridgehead atoms. The Bertz CT molecular complexity index is 635. The predicted molar refractivity (Wildman–Crippen MR) is 72.7 cm³/mol. The minimum Gasteiger partial charge on any atom is -0.424 e. The second-order valence-electron chi connectivity index (χ2n) is 4.57. The Morgan fingerprint density at radius 3 is 2.26 bits per heavy atom. The van der Waals surface area contributed by atoms with E-state index < -0.39 is 41.4 Å². The monoisotopic (exact) mass is 331 g/mol. The summed E-state index contributed by atoms with van der Waals surface area (Å²) in [6.07, 6.45) is -3.98. The first-order valence-electron chi connectivity index (χ1n) is 6.27. The van der Waals surface area contributed by atoms with Crippen molar-refractivity contribution in [3.63, 3.8) is 0 Å². The van der Waals surface area contributed by atoms with Gasteiger partial charge in [0.25, 0.3) is 6.54 Å². The molecule has 0 saturated heterocycles. The van der Waals surface area contributed by atoms with Crippen molar-refractivity contribution < 1.29 is 32.4 Å². The molecule has 23 heavy (non-hydrogen) atoms. The maximum absolute atomic E-state index is 12.4. The van der Waals surface area contributed by atoms with Crippen molar-refractivity contribution in [3.8, 4) is 0 Å². The first-order chi connectivity index (χ1) is 10.6.